The average molecular weight is 213 g/mol. The topological polar surface area (TPSA) is 66.6 Å². The SMILES string of the molecule is CCCN1CC(=O)N(CC(C)N)CC1=O. The molecule has 0 aromatic carbocycles. The highest BCUT2D eigenvalue weighted by Gasteiger charge is 2.29. The lowest BCUT2D eigenvalue weighted by atomic mass is 10.2. The van der Waals surface area contributed by atoms with Gasteiger partial charge in [0.05, 0.1) is 13.1 Å². The van der Waals surface area contributed by atoms with E-state index in [1.165, 1.54) is 0 Å². The van der Waals surface area contributed by atoms with Crippen molar-refractivity contribution in [1.29, 1.82) is 0 Å². The number of hydrogen-bond donors (Lipinski definition) is 1. The van der Waals surface area contributed by atoms with Gasteiger partial charge in [0.25, 0.3) is 0 Å². The molecule has 2 N–H and O–H groups in total. The Labute approximate surface area is 90.2 Å². The van der Waals surface area contributed by atoms with Gasteiger partial charge in [-0.15, -0.1) is 0 Å². The molecule has 1 atom stereocenters. The molecule has 0 bridgehead atoms. The Hall–Kier alpha value is -1.10. The van der Waals surface area contributed by atoms with Crippen molar-refractivity contribution in [3.8, 4) is 0 Å². The third kappa shape index (κ3) is 3.20. The number of rotatable bonds is 4. The van der Waals surface area contributed by atoms with Crippen molar-refractivity contribution in [2.75, 3.05) is 26.2 Å². The highest BCUT2D eigenvalue weighted by atomic mass is 16.2. The van der Waals surface area contributed by atoms with Gasteiger partial charge >= 0.3 is 0 Å². The summed E-state index contributed by atoms with van der Waals surface area (Å²) in [7, 11) is 0. The van der Waals surface area contributed by atoms with Crippen molar-refractivity contribution in [3.63, 3.8) is 0 Å². The molecule has 0 saturated carbocycles. The zero-order valence-corrected chi connectivity index (χ0v) is 9.40. The molecule has 1 heterocycles. The molecule has 0 aromatic rings. The molecule has 5 nitrogen and oxygen atoms in total. The second-order valence-electron chi connectivity index (χ2n) is 4.07. The van der Waals surface area contributed by atoms with Crippen LogP contribution in [0.25, 0.3) is 0 Å². The van der Waals surface area contributed by atoms with Gasteiger partial charge in [-0.05, 0) is 13.3 Å². The van der Waals surface area contributed by atoms with Crippen LogP contribution < -0.4 is 5.73 Å². The van der Waals surface area contributed by atoms with E-state index in [1.807, 2.05) is 13.8 Å². The number of nitrogens with two attached hydrogens (primary N) is 1. The molecule has 1 saturated heterocycles. The standard InChI is InChI=1S/C10H19N3O2/c1-3-4-12-6-10(15)13(5-8(2)11)7-9(12)14/h8H,3-7,11H2,1-2H3. The molecule has 5 heteroatoms. The van der Waals surface area contributed by atoms with Gasteiger partial charge in [-0.2, -0.15) is 0 Å². The van der Waals surface area contributed by atoms with Crippen molar-refractivity contribution in [2.45, 2.75) is 26.3 Å². The van der Waals surface area contributed by atoms with E-state index >= 15 is 0 Å². The Morgan fingerprint density at radius 3 is 2.33 bits per heavy atom. The van der Waals surface area contributed by atoms with Crippen LogP contribution in [0.2, 0.25) is 0 Å². The van der Waals surface area contributed by atoms with Gasteiger partial charge in [-0.3, -0.25) is 9.59 Å². The Morgan fingerprint density at radius 1 is 1.27 bits per heavy atom. The second-order valence-corrected chi connectivity index (χ2v) is 4.07. The van der Waals surface area contributed by atoms with Gasteiger partial charge in [0.1, 0.15) is 0 Å². The Balaban J connectivity index is 2.55. The molecule has 1 fully saturated rings. The van der Waals surface area contributed by atoms with Crippen molar-refractivity contribution in [2.24, 2.45) is 5.73 Å². The normalized spacial score (nSPS) is 19.7. The van der Waals surface area contributed by atoms with Crippen LogP contribution in [0.15, 0.2) is 0 Å². The van der Waals surface area contributed by atoms with Crippen molar-refractivity contribution >= 4 is 11.8 Å². The fraction of sp³-hybridized carbons (Fsp3) is 0.800. The summed E-state index contributed by atoms with van der Waals surface area (Å²) >= 11 is 0. The molecule has 1 aliphatic rings. The van der Waals surface area contributed by atoms with E-state index in [9.17, 15) is 9.59 Å². The van der Waals surface area contributed by atoms with Crippen molar-refractivity contribution in [3.05, 3.63) is 0 Å². The number of amides is 2. The molecule has 15 heavy (non-hydrogen) atoms. The first-order valence-electron chi connectivity index (χ1n) is 5.35. The van der Waals surface area contributed by atoms with E-state index in [-0.39, 0.29) is 30.9 Å². The summed E-state index contributed by atoms with van der Waals surface area (Å²) in [6.45, 7) is 5.34. The van der Waals surface area contributed by atoms with Gasteiger partial charge in [0.15, 0.2) is 0 Å². The zero-order valence-electron chi connectivity index (χ0n) is 9.40. The van der Waals surface area contributed by atoms with Crippen LogP contribution in [-0.4, -0.2) is 53.8 Å². The zero-order chi connectivity index (χ0) is 11.4. The minimum atomic E-state index is -0.0838. The van der Waals surface area contributed by atoms with Crippen LogP contribution in [0.5, 0.6) is 0 Å². The molecule has 1 aliphatic heterocycles. The number of carbonyl (C=O) groups excluding carboxylic acids is 2. The molecule has 0 aromatic heterocycles. The summed E-state index contributed by atoms with van der Waals surface area (Å²) in [5.41, 5.74) is 5.61. The molecule has 2 amide bonds. The summed E-state index contributed by atoms with van der Waals surface area (Å²) in [4.78, 5) is 26.4. The van der Waals surface area contributed by atoms with Crippen LogP contribution in [-0.2, 0) is 9.59 Å². The van der Waals surface area contributed by atoms with Crippen molar-refractivity contribution < 1.29 is 9.59 Å². The Kier molecular flexibility index (Phi) is 4.08. The van der Waals surface area contributed by atoms with Crippen LogP contribution in [0.1, 0.15) is 20.3 Å². The number of carbonyl (C=O) groups is 2. The number of nitrogens with zero attached hydrogens (tertiary/aromatic N) is 2. The minimum absolute atomic E-state index is 0.000324. The van der Waals surface area contributed by atoms with Gasteiger partial charge in [0.2, 0.25) is 11.8 Å². The van der Waals surface area contributed by atoms with E-state index in [0.29, 0.717) is 13.1 Å². The van der Waals surface area contributed by atoms with E-state index < -0.39 is 0 Å². The Bertz CT molecular complexity index is 253. The van der Waals surface area contributed by atoms with Crippen LogP contribution in [0.3, 0.4) is 0 Å². The van der Waals surface area contributed by atoms with Gasteiger partial charge in [-0.1, -0.05) is 6.92 Å². The molecule has 1 unspecified atom stereocenters. The predicted molar refractivity (Wildman–Crippen MR) is 57.1 cm³/mol. The van der Waals surface area contributed by atoms with Gasteiger partial charge in [-0.25, -0.2) is 0 Å². The Morgan fingerprint density at radius 2 is 1.80 bits per heavy atom. The average Bonchev–Trinajstić information content (AvgIpc) is 2.13. The van der Waals surface area contributed by atoms with E-state index in [0.717, 1.165) is 6.42 Å². The maximum atomic E-state index is 11.6. The van der Waals surface area contributed by atoms with Gasteiger partial charge < -0.3 is 15.5 Å². The summed E-state index contributed by atoms with van der Waals surface area (Å²) in [5.74, 6) is 0.0254. The van der Waals surface area contributed by atoms with Crippen molar-refractivity contribution in [1.82, 2.24) is 9.80 Å². The number of piperazine rings is 1. The quantitative estimate of drug-likeness (QED) is 0.679. The summed E-state index contributed by atoms with van der Waals surface area (Å²) < 4.78 is 0. The smallest absolute Gasteiger partial charge is 0.242 e. The summed E-state index contributed by atoms with van der Waals surface area (Å²) in [6.07, 6.45) is 0.881. The minimum Gasteiger partial charge on any atom is -0.332 e. The van der Waals surface area contributed by atoms with E-state index in [4.69, 9.17) is 5.73 Å². The molecule has 0 radical (unpaired) electrons. The summed E-state index contributed by atoms with van der Waals surface area (Å²) in [6, 6.07) is -0.0838. The maximum absolute atomic E-state index is 11.6. The predicted octanol–water partition coefficient (Wildman–Crippen LogP) is -0.586. The molecule has 86 valence electrons. The largest absolute Gasteiger partial charge is 0.332 e. The van der Waals surface area contributed by atoms with Gasteiger partial charge in [0, 0.05) is 19.1 Å². The first kappa shape index (κ1) is 12.0. The fourth-order valence-corrected chi connectivity index (χ4v) is 1.69. The van der Waals surface area contributed by atoms with E-state index in [2.05, 4.69) is 0 Å². The molecule has 0 spiro atoms. The monoisotopic (exact) mass is 213 g/mol. The van der Waals surface area contributed by atoms with Crippen LogP contribution in [0.4, 0.5) is 0 Å². The highest BCUT2D eigenvalue weighted by Crippen LogP contribution is 2.05. The molecule has 1 rings (SSSR count). The molecular weight excluding hydrogens is 194 g/mol. The number of hydrogen-bond acceptors (Lipinski definition) is 3. The first-order valence-corrected chi connectivity index (χ1v) is 5.35. The lowest BCUT2D eigenvalue weighted by molar-refractivity contribution is -0.150. The highest BCUT2D eigenvalue weighted by molar-refractivity contribution is 5.92. The maximum Gasteiger partial charge on any atom is 0.242 e. The van der Waals surface area contributed by atoms with Crippen LogP contribution >= 0.6 is 0 Å². The van der Waals surface area contributed by atoms with E-state index in [1.54, 1.807) is 9.80 Å². The molecule has 0 aliphatic carbocycles. The summed E-state index contributed by atoms with van der Waals surface area (Å²) in [5, 5.41) is 0. The first-order chi connectivity index (χ1) is 7.04. The third-order valence-electron chi connectivity index (χ3n) is 2.36. The molecular formula is C10H19N3O2. The third-order valence-corrected chi connectivity index (χ3v) is 2.36. The second kappa shape index (κ2) is 5.11. The van der Waals surface area contributed by atoms with Crippen LogP contribution in [0, 0.1) is 0 Å². The lowest BCUT2D eigenvalue weighted by Crippen LogP contribution is -2.55. The fourth-order valence-electron chi connectivity index (χ4n) is 1.69. The lowest BCUT2D eigenvalue weighted by Gasteiger charge is -2.34.